The summed E-state index contributed by atoms with van der Waals surface area (Å²) in [4.78, 5) is 19.4. The summed E-state index contributed by atoms with van der Waals surface area (Å²) in [6.45, 7) is 4.10. The van der Waals surface area contributed by atoms with E-state index in [2.05, 4.69) is 10.1 Å². The molecule has 1 atom stereocenters. The van der Waals surface area contributed by atoms with Crippen LogP contribution in [0.5, 0.6) is 0 Å². The van der Waals surface area contributed by atoms with Crippen molar-refractivity contribution in [1.29, 1.82) is 0 Å². The lowest BCUT2D eigenvalue weighted by Gasteiger charge is -2.26. The van der Waals surface area contributed by atoms with Crippen molar-refractivity contribution in [1.82, 2.24) is 19.5 Å². The van der Waals surface area contributed by atoms with Crippen molar-refractivity contribution in [2.24, 2.45) is 0 Å². The number of nitrogens with zero attached hydrogens (tertiary/aromatic N) is 4. The first kappa shape index (κ1) is 14.5. The van der Waals surface area contributed by atoms with Gasteiger partial charge >= 0.3 is 0 Å². The van der Waals surface area contributed by atoms with Crippen LogP contribution in [0.15, 0.2) is 5.51 Å². The highest BCUT2D eigenvalue weighted by molar-refractivity contribution is 7.91. The maximum absolute atomic E-state index is 12.8. The predicted octanol–water partition coefficient (Wildman–Crippen LogP) is 0.748. The van der Waals surface area contributed by atoms with Gasteiger partial charge < -0.3 is 4.90 Å². The average molecular weight is 328 g/mol. The Morgan fingerprint density at radius 1 is 1.57 bits per heavy atom. The minimum absolute atomic E-state index is 0.0463. The second-order valence-electron chi connectivity index (χ2n) is 5.13. The molecule has 1 saturated heterocycles. The largest absolute Gasteiger partial charge is 0.333 e. The van der Waals surface area contributed by atoms with Crippen molar-refractivity contribution in [2.75, 3.05) is 18.1 Å². The van der Waals surface area contributed by atoms with E-state index in [1.54, 1.807) is 17.3 Å². The average Bonchev–Trinajstić information content (AvgIpc) is 3.04. The summed E-state index contributed by atoms with van der Waals surface area (Å²) in [6, 6.07) is -0.254. The first-order valence-corrected chi connectivity index (χ1v) is 9.43. The van der Waals surface area contributed by atoms with Gasteiger partial charge in [-0.25, -0.2) is 13.4 Å². The summed E-state index contributed by atoms with van der Waals surface area (Å²) in [6.07, 6.45) is 0.500. The van der Waals surface area contributed by atoms with E-state index < -0.39 is 9.84 Å². The predicted molar refractivity (Wildman–Crippen MR) is 79.4 cm³/mol. The SMILES string of the molecule is CCN(C(=O)c1c(C)nc2scnn12)C1CCS(=O)(=O)C1. The molecular formula is C12H16N4O3S2. The lowest BCUT2D eigenvalue weighted by Crippen LogP contribution is -2.41. The third kappa shape index (κ3) is 2.44. The summed E-state index contributed by atoms with van der Waals surface area (Å²) in [5.74, 6) is -0.000610. The van der Waals surface area contributed by atoms with Gasteiger partial charge in [0.05, 0.1) is 17.2 Å². The van der Waals surface area contributed by atoms with Gasteiger partial charge in [-0.3, -0.25) is 4.79 Å². The Kier molecular flexibility index (Phi) is 3.48. The summed E-state index contributed by atoms with van der Waals surface area (Å²) in [7, 11) is -3.02. The van der Waals surface area contributed by atoms with Crippen LogP contribution in [0.4, 0.5) is 0 Å². The van der Waals surface area contributed by atoms with Gasteiger partial charge in [-0.1, -0.05) is 11.3 Å². The van der Waals surface area contributed by atoms with Crippen LogP contribution in [0.2, 0.25) is 0 Å². The molecule has 1 unspecified atom stereocenters. The molecule has 1 aliphatic heterocycles. The molecule has 0 aromatic carbocycles. The van der Waals surface area contributed by atoms with Crippen molar-refractivity contribution in [3.05, 3.63) is 16.9 Å². The molecule has 0 aliphatic carbocycles. The van der Waals surface area contributed by atoms with Crippen LogP contribution in [0.1, 0.15) is 29.5 Å². The van der Waals surface area contributed by atoms with Gasteiger partial charge in [-0.2, -0.15) is 9.61 Å². The van der Waals surface area contributed by atoms with Crippen molar-refractivity contribution in [3.8, 4) is 0 Å². The third-order valence-electron chi connectivity index (χ3n) is 3.77. The number of amides is 1. The van der Waals surface area contributed by atoms with Gasteiger partial charge in [0.25, 0.3) is 5.91 Å². The molecule has 0 bridgehead atoms. The van der Waals surface area contributed by atoms with Gasteiger partial charge in [-0.15, -0.1) is 0 Å². The first-order chi connectivity index (χ1) is 9.93. The fourth-order valence-corrected chi connectivity index (χ4v) is 5.16. The molecule has 1 aliphatic rings. The number of aryl methyl sites for hydroxylation is 1. The number of fused-ring (bicyclic) bond motifs is 1. The number of carbonyl (C=O) groups excluding carboxylic acids is 1. The zero-order valence-electron chi connectivity index (χ0n) is 11.8. The fraction of sp³-hybridized carbons (Fsp3) is 0.583. The number of hydrogen-bond acceptors (Lipinski definition) is 6. The van der Waals surface area contributed by atoms with E-state index in [1.165, 1.54) is 15.9 Å². The van der Waals surface area contributed by atoms with Crippen LogP contribution in [-0.2, 0) is 9.84 Å². The minimum atomic E-state index is -3.02. The Morgan fingerprint density at radius 2 is 2.33 bits per heavy atom. The Morgan fingerprint density at radius 3 is 2.95 bits per heavy atom. The molecule has 0 radical (unpaired) electrons. The molecule has 3 rings (SSSR count). The van der Waals surface area contributed by atoms with Gasteiger partial charge in [0, 0.05) is 12.6 Å². The van der Waals surface area contributed by atoms with Crippen molar-refractivity contribution in [2.45, 2.75) is 26.3 Å². The standard InChI is InChI=1S/C12H16N4O3S2/c1-3-15(9-4-5-21(18,19)6-9)11(17)10-8(2)14-12-16(10)13-7-20-12/h7,9H,3-6H2,1-2H3. The first-order valence-electron chi connectivity index (χ1n) is 6.73. The molecule has 1 amide bonds. The van der Waals surface area contributed by atoms with E-state index in [0.717, 1.165) is 0 Å². The lowest BCUT2D eigenvalue weighted by molar-refractivity contribution is 0.0699. The van der Waals surface area contributed by atoms with Gasteiger partial charge in [-0.05, 0) is 20.3 Å². The number of hydrogen-bond donors (Lipinski definition) is 0. The maximum Gasteiger partial charge on any atom is 0.274 e. The molecular weight excluding hydrogens is 312 g/mol. The van der Waals surface area contributed by atoms with E-state index in [-0.39, 0.29) is 23.5 Å². The summed E-state index contributed by atoms with van der Waals surface area (Å²) < 4.78 is 24.8. The van der Waals surface area contributed by atoms with Crippen molar-refractivity contribution < 1.29 is 13.2 Å². The third-order valence-corrected chi connectivity index (χ3v) is 6.20. The monoisotopic (exact) mass is 328 g/mol. The fourth-order valence-electron chi connectivity index (χ4n) is 2.76. The van der Waals surface area contributed by atoms with Crippen LogP contribution in [-0.4, -0.2) is 57.9 Å². The second-order valence-corrected chi connectivity index (χ2v) is 8.17. The van der Waals surface area contributed by atoms with Gasteiger partial charge in [0.1, 0.15) is 5.51 Å². The van der Waals surface area contributed by atoms with Gasteiger partial charge in [0.15, 0.2) is 15.5 Å². The Balaban J connectivity index is 1.96. The molecule has 114 valence electrons. The molecule has 21 heavy (non-hydrogen) atoms. The Hall–Kier alpha value is -1.48. The topological polar surface area (TPSA) is 84.6 Å². The number of sulfone groups is 1. The van der Waals surface area contributed by atoms with E-state index in [4.69, 9.17) is 0 Å². The lowest BCUT2D eigenvalue weighted by atomic mass is 10.2. The van der Waals surface area contributed by atoms with E-state index in [9.17, 15) is 13.2 Å². The molecule has 1 fully saturated rings. The van der Waals surface area contributed by atoms with Crippen LogP contribution in [0.25, 0.3) is 4.96 Å². The quantitative estimate of drug-likeness (QED) is 0.830. The number of rotatable bonds is 3. The Labute approximate surface area is 126 Å². The molecule has 2 aromatic rings. The van der Waals surface area contributed by atoms with Gasteiger partial charge in [0.2, 0.25) is 4.96 Å². The highest BCUT2D eigenvalue weighted by atomic mass is 32.2. The molecule has 0 N–H and O–H groups in total. The minimum Gasteiger partial charge on any atom is -0.333 e. The van der Waals surface area contributed by atoms with Crippen LogP contribution in [0.3, 0.4) is 0 Å². The van der Waals surface area contributed by atoms with E-state index in [1.807, 2.05) is 6.92 Å². The molecule has 3 heterocycles. The van der Waals surface area contributed by atoms with E-state index in [0.29, 0.717) is 29.3 Å². The smallest absolute Gasteiger partial charge is 0.274 e. The summed E-state index contributed by atoms with van der Waals surface area (Å²) in [5.41, 5.74) is 2.69. The highest BCUT2D eigenvalue weighted by Crippen LogP contribution is 2.22. The maximum atomic E-state index is 12.8. The molecule has 0 saturated carbocycles. The summed E-state index contributed by atoms with van der Waals surface area (Å²) in [5, 5.41) is 4.14. The molecule has 7 nitrogen and oxygen atoms in total. The van der Waals surface area contributed by atoms with Crippen molar-refractivity contribution >= 4 is 32.0 Å². The summed E-state index contributed by atoms with van der Waals surface area (Å²) >= 11 is 1.37. The number of carbonyl (C=O) groups is 1. The normalized spacial score (nSPS) is 21.0. The van der Waals surface area contributed by atoms with Crippen LogP contribution < -0.4 is 0 Å². The van der Waals surface area contributed by atoms with Crippen LogP contribution >= 0.6 is 11.3 Å². The zero-order valence-corrected chi connectivity index (χ0v) is 13.4. The van der Waals surface area contributed by atoms with E-state index >= 15 is 0 Å². The molecule has 9 heteroatoms. The molecule has 2 aromatic heterocycles. The highest BCUT2D eigenvalue weighted by Gasteiger charge is 2.35. The zero-order chi connectivity index (χ0) is 15.2. The second kappa shape index (κ2) is 5.06. The molecule has 0 spiro atoms. The number of imidazole rings is 1. The number of aromatic nitrogens is 3. The Bertz CT molecular complexity index is 793. The van der Waals surface area contributed by atoms with Crippen molar-refractivity contribution in [3.63, 3.8) is 0 Å². The van der Waals surface area contributed by atoms with Crippen LogP contribution in [0, 0.1) is 6.92 Å².